The Morgan fingerprint density at radius 3 is 2.59 bits per heavy atom. The van der Waals surface area contributed by atoms with Gasteiger partial charge in [0.05, 0.1) is 18.5 Å². The molecule has 2 aromatic carbocycles. The molecule has 1 heterocycles. The average molecular weight is 367 g/mol. The number of carbonyl (C=O) groups is 1. The summed E-state index contributed by atoms with van der Waals surface area (Å²) in [7, 11) is 1.59. The van der Waals surface area contributed by atoms with Gasteiger partial charge in [0.15, 0.2) is 0 Å². The second-order valence-corrected chi connectivity index (χ2v) is 6.11. The van der Waals surface area contributed by atoms with Crippen LogP contribution in [0, 0.1) is 5.82 Å². The van der Waals surface area contributed by atoms with Gasteiger partial charge in [0.1, 0.15) is 17.3 Å². The van der Waals surface area contributed by atoms with Crippen LogP contribution >= 0.6 is 0 Å². The maximum atomic E-state index is 14.2. The number of carbonyl (C=O) groups excluding carboxylic acids is 1. The Kier molecular flexibility index (Phi) is 5.86. The standard InChI is InChI=1S/C21H22FN3O2/c1-3-4-13-23-21(26)20-14-19(17-7-5-6-8-18(17)22)24-25(20)15-9-11-16(27-2)12-10-15/h5-12,14H,3-4,13H2,1-2H3,(H,23,26). The summed E-state index contributed by atoms with van der Waals surface area (Å²) in [6.07, 6.45) is 1.88. The van der Waals surface area contributed by atoms with E-state index in [9.17, 15) is 9.18 Å². The Balaban J connectivity index is 2.03. The Morgan fingerprint density at radius 1 is 1.19 bits per heavy atom. The lowest BCUT2D eigenvalue weighted by molar-refractivity contribution is 0.0945. The number of halogens is 1. The summed E-state index contributed by atoms with van der Waals surface area (Å²) in [4.78, 5) is 12.7. The number of amides is 1. The third-order valence-electron chi connectivity index (χ3n) is 4.22. The van der Waals surface area contributed by atoms with Gasteiger partial charge in [0.25, 0.3) is 5.91 Å². The van der Waals surface area contributed by atoms with Gasteiger partial charge in [-0.2, -0.15) is 5.10 Å². The zero-order valence-corrected chi connectivity index (χ0v) is 15.4. The van der Waals surface area contributed by atoms with E-state index in [1.165, 1.54) is 10.7 Å². The molecule has 0 aliphatic heterocycles. The van der Waals surface area contributed by atoms with Crippen molar-refractivity contribution in [1.82, 2.24) is 15.1 Å². The zero-order chi connectivity index (χ0) is 19.2. The molecule has 0 radical (unpaired) electrons. The number of hydrogen-bond acceptors (Lipinski definition) is 3. The number of ether oxygens (including phenoxy) is 1. The van der Waals surface area contributed by atoms with E-state index in [4.69, 9.17) is 4.74 Å². The van der Waals surface area contributed by atoms with Crippen molar-refractivity contribution in [1.29, 1.82) is 0 Å². The molecule has 140 valence electrons. The molecule has 5 nitrogen and oxygen atoms in total. The molecule has 6 heteroatoms. The van der Waals surface area contributed by atoms with E-state index in [1.54, 1.807) is 55.6 Å². The number of unbranched alkanes of at least 4 members (excludes halogenated alkanes) is 1. The van der Waals surface area contributed by atoms with Crippen molar-refractivity contribution in [3.05, 3.63) is 66.1 Å². The third-order valence-corrected chi connectivity index (χ3v) is 4.22. The lowest BCUT2D eigenvalue weighted by Gasteiger charge is -2.09. The van der Waals surface area contributed by atoms with Crippen LogP contribution in [0.5, 0.6) is 5.75 Å². The molecular formula is C21H22FN3O2. The highest BCUT2D eigenvalue weighted by Crippen LogP contribution is 2.25. The van der Waals surface area contributed by atoms with E-state index in [1.807, 2.05) is 0 Å². The van der Waals surface area contributed by atoms with E-state index < -0.39 is 0 Å². The van der Waals surface area contributed by atoms with Gasteiger partial charge in [0.2, 0.25) is 0 Å². The van der Waals surface area contributed by atoms with Gasteiger partial charge in [-0.05, 0) is 48.9 Å². The van der Waals surface area contributed by atoms with E-state index >= 15 is 0 Å². The highest BCUT2D eigenvalue weighted by Gasteiger charge is 2.19. The Labute approximate surface area is 157 Å². The van der Waals surface area contributed by atoms with Crippen LogP contribution in [0.2, 0.25) is 0 Å². The smallest absolute Gasteiger partial charge is 0.270 e. The molecular weight excluding hydrogens is 345 g/mol. The summed E-state index contributed by atoms with van der Waals surface area (Å²) in [6, 6.07) is 15.2. The minimum absolute atomic E-state index is 0.241. The molecule has 3 aromatic rings. The fourth-order valence-electron chi connectivity index (χ4n) is 2.73. The van der Waals surface area contributed by atoms with Gasteiger partial charge in [-0.1, -0.05) is 25.5 Å². The second-order valence-electron chi connectivity index (χ2n) is 6.11. The van der Waals surface area contributed by atoms with Gasteiger partial charge in [-0.15, -0.1) is 0 Å². The topological polar surface area (TPSA) is 56.2 Å². The molecule has 0 saturated carbocycles. The van der Waals surface area contributed by atoms with E-state index in [2.05, 4.69) is 17.3 Å². The molecule has 0 bridgehead atoms. The highest BCUT2D eigenvalue weighted by molar-refractivity contribution is 5.94. The number of benzene rings is 2. The van der Waals surface area contributed by atoms with Gasteiger partial charge >= 0.3 is 0 Å². The van der Waals surface area contributed by atoms with E-state index in [-0.39, 0.29) is 11.7 Å². The third kappa shape index (κ3) is 4.16. The van der Waals surface area contributed by atoms with Crippen molar-refractivity contribution < 1.29 is 13.9 Å². The van der Waals surface area contributed by atoms with Gasteiger partial charge in [0, 0.05) is 12.1 Å². The molecule has 0 aliphatic carbocycles. The minimum atomic E-state index is -0.380. The Morgan fingerprint density at radius 2 is 1.93 bits per heavy atom. The fourth-order valence-corrected chi connectivity index (χ4v) is 2.73. The normalized spacial score (nSPS) is 10.6. The number of nitrogens with one attached hydrogen (secondary N) is 1. The summed E-state index contributed by atoms with van der Waals surface area (Å²) in [6.45, 7) is 2.64. The van der Waals surface area contributed by atoms with Crippen molar-refractivity contribution >= 4 is 5.91 Å². The average Bonchev–Trinajstić information content (AvgIpc) is 3.14. The van der Waals surface area contributed by atoms with Crippen molar-refractivity contribution in [2.24, 2.45) is 0 Å². The predicted molar refractivity (Wildman–Crippen MR) is 103 cm³/mol. The summed E-state index contributed by atoms with van der Waals surface area (Å²) in [5, 5.41) is 7.39. The SMILES string of the molecule is CCCCNC(=O)c1cc(-c2ccccc2F)nn1-c1ccc(OC)cc1. The molecule has 0 atom stereocenters. The lowest BCUT2D eigenvalue weighted by Crippen LogP contribution is -2.26. The number of nitrogens with zero attached hydrogens (tertiary/aromatic N) is 2. The maximum Gasteiger partial charge on any atom is 0.270 e. The van der Waals surface area contributed by atoms with Crippen LogP contribution in [0.25, 0.3) is 16.9 Å². The quantitative estimate of drug-likeness (QED) is 0.636. The first-order chi connectivity index (χ1) is 13.1. The molecule has 1 aromatic heterocycles. The first-order valence-corrected chi connectivity index (χ1v) is 8.91. The zero-order valence-electron chi connectivity index (χ0n) is 15.4. The summed E-state index contributed by atoms with van der Waals surface area (Å²) >= 11 is 0. The van der Waals surface area contributed by atoms with E-state index in [0.29, 0.717) is 34.9 Å². The van der Waals surface area contributed by atoms with Gasteiger partial charge in [-0.25, -0.2) is 9.07 Å². The molecule has 0 fully saturated rings. The van der Waals surface area contributed by atoms with Gasteiger partial charge in [-0.3, -0.25) is 4.79 Å². The molecule has 3 rings (SSSR count). The summed E-state index contributed by atoms with van der Waals surface area (Å²) in [5.74, 6) is 0.0818. The number of aromatic nitrogens is 2. The van der Waals surface area contributed by atoms with E-state index in [0.717, 1.165) is 12.8 Å². The summed E-state index contributed by atoms with van der Waals surface area (Å²) < 4.78 is 20.9. The Bertz CT molecular complexity index is 919. The number of rotatable bonds is 7. The molecule has 1 amide bonds. The predicted octanol–water partition coefficient (Wildman–Crippen LogP) is 4.22. The maximum absolute atomic E-state index is 14.2. The number of hydrogen-bond donors (Lipinski definition) is 1. The molecule has 1 N–H and O–H groups in total. The molecule has 27 heavy (non-hydrogen) atoms. The number of methoxy groups -OCH3 is 1. The molecule has 0 saturated heterocycles. The van der Waals surface area contributed by atoms with Crippen LogP contribution in [0.1, 0.15) is 30.3 Å². The van der Waals surface area contributed by atoms with Crippen LogP contribution in [-0.2, 0) is 0 Å². The monoisotopic (exact) mass is 367 g/mol. The van der Waals surface area contributed by atoms with Crippen LogP contribution in [0.15, 0.2) is 54.6 Å². The largest absolute Gasteiger partial charge is 0.497 e. The second kappa shape index (κ2) is 8.49. The highest BCUT2D eigenvalue weighted by atomic mass is 19.1. The molecule has 0 aliphatic rings. The molecule has 0 unspecified atom stereocenters. The van der Waals surface area contributed by atoms with Crippen LogP contribution in [0.3, 0.4) is 0 Å². The van der Waals surface area contributed by atoms with Crippen LogP contribution in [-0.4, -0.2) is 29.3 Å². The first kappa shape index (κ1) is 18.6. The van der Waals surface area contributed by atoms with Crippen molar-refractivity contribution in [3.63, 3.8) is 0 Å². The lowest BCUT2D eigenvalue weighted by atomic mass is 10.1. The van der Waals surface area contributed by atoms with Crippen molar-refractivity contribution in [2.45, 2.75) is 19.8 Å². The summed E-state index contributed by atoms with van der Waals surface area (Å²) in [5.41, 5.74) is 1.81. The van der Waals surface area contributed by atoms with Crippen LogP contribution in [0.4, 0.5) is 4.39 Å². The minimum Gasteiger partial charge on any atom is -0.497 e. The first-order valence-electron chi connectivity index (χ1n) is 8.91. The van der Waals surface area contributed by atoms with Gasteiger partial charge < -0.3 is 10.1 Å². The fraction of sp³-hybridized carbons (Fsp3) is 0.238. The molecule has 0 spiro atoms. The Hall–Kier alpha value is -3.15. The van der Waals surface area contributed by atoms with Crippen molar-refractivity contribution in [2.75, 3.05) is 13.7 Å². The van der Waals surface area contributed by atoms with Crippen LogP contribution < -0.4 is 10.1 Å². The van der Waals surface area contributed by atoms with Crippen molar-refractivity contribution in [3.8, 4) is 22.7 Å².